The van der Waals surface area contributed by atoms with Crippen LogP contribution in [-0.4, -0.2) is 158 Å². The van der Waals surface area contributed by atoms with Crippen molar-refractivity contribution in [3.63, 3.8) is 0 Å². The Morgan fingerprint density at radius 3 is 1.72 bits per heavy atom. The Hall–Kier alpha value is -6.20. The summed E-state index contributed by atoms with van der Waals surface area (Å²) in [5.74, 6) is -10.8. The van der Waals surface area contributed by atoms with Gasteiger partial charge in [-0.1, -0.05) is 71.9 Å². The number of nitrogens with zero attached hydrogens (tertiary/aromatic N) is 1. The molecule has 13 N–H and O–H groups in total. The SMILES string of the molecule is CC(C)C[C@H](NC(=O)[C@@H](N)Cc1ccccc1)C(=O)N[C@@H](C)C(=O)N1CCC[C@H]1C(=O)N[C@H](C(=O)N[C@@H](CO)C(=O)N[C@H](C(=O)N[C@@H](CCC(=O)O)C(=O)N[C@H](C(=O)O)C(C)C)[C@@H](C)O)C(C)C. The number of benzene rings is 1. The van der Waals surface area contributed by atoms with E-state index in [4.69, 9.17) is 5.73 Å². The number of aliphatic carboxylic acids is 2. The number of hydrogen-bond donors (Lipinski definition) is 12. The van der Waals surface area contributed by atoms with E-state index in [0.717, 1.165) is 12.5 Å². The number of aliphatic hydroxyl groups is 2. The van der Waals surface area contributed by atoms with E-state index in [0.29, 0.717) is 6.42 Å². The lowest BCUT2D eigenvalue weighted by molar-refractivity contribution is -0.144. The van der Waals surface area contributed by atoms with Crippen molar-refractivity contribution in [2.24, 2.45) is 23.5 Å². The Labute approximate surface area is 395 Å². The maximum atomic E-state index is 13.8. The van der Waals surface area contributed by atoms with Gasteiger partial charge in [0.05, 0.1) is 18.8 Å². The largest absolute Gasteiger partial charge is 0.481 e. The van der Waals surface area contributed by atoms with Crippen molar-refractivity contribution in [2.75, 3.05) is 13.2 Å². The number of carbonyl (C=O) groups is 10. The summed E-state index contributed by atoms with van der Waals surface area (Å²) in [5, 5.41) is 56.3. The van der Waals surface area contributed by atoms with Crippen LogP contribution in [0.4, 0.5) is 0 Å². The topological polar surface area (TPSA) is 365 Å². The predicted octanol–water partition coefficient (Wildman–Crippen LogP) is -2.36. The van der Waals surface area contributed by atoms with Gasteiger partial charge in [-0.05, 0) is 69.3 Å². The van der Waals surface area contributed by atoms with Crippen LogP contribution in [0.15, 0.2) is 30.3 Å². The smallest absolute Gasteiger partial charge is 0.326 e. The lowest BCUT2D eigenvalue weighted by atomic mass is 10.0. The molecule has 1 aromatic rings. The fourth-order valence-electron chi connectivity index (χ4n) is 7.33. The molecule has 1 fully saturated rings. The molecule has 0 spiro atoms. The molecule has 1 saturated heterocycles. The van der Waals surface area contributed by atoms with Crippen molar-refractivity contribution in [2.45, 2.75) is 154 Å². The van der Waals surface area contributed by atoms with Crippen LogP contribution in [0.25, 0.3) is 0 Å². The molecule has 0 aliphatic carbocycles. The summed E-state index contributed by atoms with van der Waals surface area (Å²) in [6, 6.07) is -3.00. The number of carbonyl (C=O) groups excluding carboxylic acids is 8. The number of likely N-dealkylation sites (tertiary alicyclic amines) is 1. The van der Waals surface area contributed by atoms with Crippen molar-refractivity contribution in [3.8, 4) is 0 Å². The van der Waals surface area contributed by atoms with Crippen LogP contribution in [0, 0.1) is 17.8 Å². The second-order valence-corrected chi connectivity index (χ2v) is 18.2. The molecule has 68 heavy (non-hydrogen) atoms. The number of hydrogen-bond acceptors (Lipinski definition) is 13. The van der Waals surface area contributed by atoms with E-state index in [1.165, 1.54) is 25.7 Å². The Morgan fingerprint density at radius 1 is 0.662 bits per heavy atom. The number of rotatable bonds is 27. The molecule has 1 aliphatic heterocycles. The zero-order valence-corrected chi connectivity index (χ0v) is 39.9. The monoisotopic (exact) mass is 962 g/mol. The van der Waals surface area contributed by atoms with Crippen LogP contribution in [0.1, 0.15) is 93.1 Å². The van der Waals surface area contributed by atoms with Crippen LogP contribution >= 0.6 is 0 Å². The molecule has 1 aliphatic rings. The molecule has 0 radical (unpaired) electrons. The molecule has 1 aromatic carbocycles. The van der Waals surface area contributed by atoms with Gasteiger partial charge in [0.2, 0.25) is 47.3 Å². The summed E-state index contributed by atoms with van der Waals surface area (Å²) in [6.45, 7) is 11.6. The Bertz CT molecular complexity index is 1930. The predicted molar refractivity (Wildman–Crippen MR) is 244 cm³/mol. The molecule has 2 rings (SSSR count). The van der Waals surface area contributed by atoms with E-state index in [1.807, 2.05) is 44.2 Å². The minimum Gasteiger partial charge on any atom is -0.481 e. The second-order valence-electron chi connectivity index (χ2n) is 18.2. The van der Waals surface area contributed by atoms with E-state index < -0.39 is 151 Å². The molecule has 23 nitrogen and oxygen atoms in total. The Balaban J connectivity index is 2.15. The standard InChI is InChI=1S/C45H71N9O14/c1-22(2)19-30(49-37(59)28(46)20-27-13-10-9-11-14-27)39(61)47-25(7)44(66)54-18-12-15-32(54)41(63)51-34(23(3)4)42(64)50-31(21-55)40(62)53-36(26(8)56)43(65)48-29(16-17-33(57)58)38(60)52-35(24(5)6)45(67)68/h9-11,13-14,22-26,28-32,34-36,55-56H,12,15-21,46H2,1-8H3,(H,47,61)(H,48,65)(H,49,59)(H,50,64)(H,51,63)(H,52,60)(H,53,62)(H,57,58)(H,67,68)/t25-,26+,28-,29-,30-,31-,32-,34-,35-,36-/m0/s1. The maximum Gasteiger partial charge on any atom is 0.326 e. The van der Waals surface area contributed by atoms with Gasteiger partial charge >= 0.3 is 11.9 Å². The fraction of sp³-hybridized carbons (Fsp3) is 0.644. The summed E-state index contributed by atoms with van der Waals surface area (Å²) in [5.41, 5.74) is 7.00. The first kappa shape index (κ1) is 57.9. The Morgan fingerprint density at radius 2 is 1.19 bits per heavy atom. The van der Waals surface area contributed by atoms with E-state index >= 15 is 0 Å². The third-order valence-corrected chi connectivity index (χ3v) is 11.2. The molecule has 0 bridgehead atoms. The highest BCUT2D eigenvalue weighted by molar-refractivity contribution is 5.98. The molecular weight excluding hydrogens is 891 g/mol. The highest BCUT2D eigenvalue weighted by Gasteiger charge is 2.40. The average molecular weight is 962 g/mol. The normalized spacial score (nSPS) is 17.6. The van der Waals surface area contributed by atoms with Crippen LogP contribution in [0.2, 0.25) is 0 Å². The van der Waals surface area contributed by atoms with Gasteiger partial charge in [-0.3, -0.25) is 43.2 Å². The van der Waals surface area contributed by atoms with Crippen LogP contribution < -0.4 is 43.0 Å². The molecule has 10 atom stereocenters. The lowest BCUT2D eigenvalue weighted by Gasteiger charge is -2.31. The zero-order chi connectivity index (χ0) is 51.6. The first-order valence-electron chi connectivity index (χ1n) is 22.7. The van der Waals surface area contributed by atoms with Gasteiger partial charge in [-0.15, -0.1) is 0 Å². The molecular formula is C45H71N9O14. The van der Waals surface area contributed by atoms with Crippen molar-refractivity contribution >= 4 is 59.2 Å². The summed E-state index contributed by atoms with van der Waals surface area (Å²) >= 11 is 0. The van der Waals surface area contributed by atoms with Crippen LogP contribution in [-0.2, 0) is 54.4 Å². The average Bonchev–Trinajstić information content (AvgIpc) is 3.76. The Kier molecular flexibility index (Phi) is 23.5. The van der Waals surface area contributed by atoms with Crippen molar-refractivity contribution in [3.05, 3.63) is 35.9 Å². The number of carboxylic acid groups (broad SMARTS) is 2. The molecule has 0 unspecified atom stereocenters. The van der Waals surface area contributed by atoms with Crippen LogP contribution in [0.5, 0.6) is 0 Å². The highest BCUT2D eigenvalue weighted by atomic mass is 16.4. The van der Waals surface area contributed by atoms with Gasteiger partial charge < -0.3 is 68.3 Å². The number of nitrogens with two attached hydrogens (primary N) is 1. The number of aliphatic hydroxyl groups excluding tert-OH is 2. The molecule has 1 heterocycles. The van der Waals surface area contributed by atoms with E-state index in [9.17, 15) is 68.4 Å². The molecule has 23 heteroatoms. The van der Waals surface area contributed by atoms with Gasteiger partial charge in [0, 0.05) is 13.0 Å². The van der Waals surface area contributed by atoms with E-state index in [-0.39, 0.29) is 31.7 Å². The van der Waals surface area contributed by atoms with Gasteiger partial charge in [-0.2, -0.15) is 0 Å². The van der Waals surface area contributed by atoms with Gasteiger partial charge in [0.1, 0.15) is 48.3 Å². The lowest BCUT2D eigenvalue weighted by Crippen LogP contribution is -2.62. The minimum absolute atomic E-state index is 0.0283. The highest BCUT2D eigenvalue weighted by Crippen LogP contribution is 2.20. The number of nitrogens with one attached hydrogen (secondary N) is 7. The summed E-state index contributed by atoms with van der Waals surface area (Å²) in [4.78, 5) is 132. The number of amides is 8. The summed E-state index contributed by atoms with van der Waals surface area (Å²) in [6.07, 6.45) is -1.69. The van der Waals surface area contributed by atoms with Gasteiger partial charge in [-0.25, -0.2) is 4.79 Å². The first-order chi connectivity index (χ1) is 31.8. The minimum atomic E-state index is -1.84. The molecule has 0 aromatic heterocycles. The van der Waals surface area contributed by atoms with Crippen molar-refractivity contribution in [1.82, 2.24) is 42.1 Å². The summed E-state index contributed by atoms with van der Waals surface area (Å²) in [7, 11) is 0. The third kappa shape index (κ3) is 18.1. The van der Waals surface area contributed by atoms with E-state index in [1.54, 1.807) is 13.8 Å². The van der Waals surface area contributed by atoms with Crippen LogP contribution in [0.3, 0.4) is 0 Å². The maximum absolute atomic E-state index is 13.8. The molecule has 380 valence electrons. The van der Waals surface area contributed by atoms with Gasteiger partial charge in [0.15, 0.2) is 0 Å². The zero-order valence-electron chi connectivity index (χ0n) is 39.9. The number of carboxylic acids is 2. The van der Waals surface area contributed by atoms with Crippen molar-refractivity contribution in [1.29, 1.82) is 0 Å². The second kappa shape index (κ2) is 27.6. The first-order valence-corrected chi connectivity index (χ1v) is 22.7. The molecule has 8 amide bonds. The molecule has 0 saturated carbocycles. The fourth-order valence-corrected chi connectivity index (χ4v) is 7.33. The van der Waals surface area contributed by atoms with Crippen molar-refractivity contribution < 1.29 is 68.4 Å². The van der Waals surface area contributed by atoms with Gasteiger partial charge in [0.25, 0.3) is 0 Å². The van der Waals surface area contributed by atoms with E-state index in [2.05, 4.69) is 37.2 Å². The quantitative estimate of drug-likeness (QED) is 0.0439. The summed E-state index contributed by atoms with van der Waals surface area (Å²) < 4.78 is 0. The third-order valence-electron chi connectivity index (χ3n) is 11.2.